The molecule has 0 spiro atoms. The van der Waals surface area contributed by atoms with Crippen molar-refractivity contribution < 1.29 is 4.79 Å². The van der Waals surface area contributed by atoms with Crippen LogP contribution in [-0.2, 0) is 0 Å². The summed E-state index contributed by atoms with van der Waals surface area (Å²) in [6, 6.07) is -0.595. The minimum absolute atomic E-state index is 0.595. The molecule has 3 N–H and O–H groups in total. The first-order valence-electron chi connectivity index (χ1n) is 3.41. The fourth-order valence-electron chi connectivity index (χ4n) is 0.900. The minimum atomic E-state index is -0.595. The number of rotatable bonds is 1. The van der Waals surface area contributed by atoms with Crippen LogP contribution in [0.3, 0.4) is 0 Å². The van der Waals surface area contributed by atoms with Crippen LogP contribution in [0.4, 0.5) is 4.79 Å². The lowest BCUT2D eigenvalue weighted by atomic mass is 10.2. The molecule has 4 nitrogen and oxygen atoms in total. The maximum absolute atomic E-state index is 10.2. The second kappa shape index (κ2) is 3.61. The van der Waals surface area contributed by atoms with Crippen LogP contribution in [0, 0.1) is 0 Å². The van der Waals surface area contributed by atoms with Crippen molar-refractivity contribution >= 4 is 23.5 Å². The summed E-state index contributed by atoms with van der Waals surface area (Å²) in [4.78, 5) is 10.2. The van der Waals surface area contributed by atoms with Gasteiger partial charge in [0.25, 0.3) is 0 Å². The van der Waals surface area contributed by atoms with Crippen LogP contribution in [0.1, 0.15) is 13.3 Å². The van der Waals surface area contributed by atoms with Crippen LogP contribution in [0.2, 0.25) is 0 Å². The predicted octanol–water partition coefficient (Wildman–Crippen LogP) is 0.536. The van der Waals surface area contributed by atoms with Crippen molar-refractivity contribution in [3.05, 3.63) is 0 Å². The lowest BCUT2D eigenvalue weighted by Crippen LogP contribution is -2.25. The van der Waals surface area contributed by atoms with E-state index in [1.807, 2.05) is 11.8 Å². The molecule has 0 bridgehead atoms. The summed E-state index contributed by atoms with van der Waals surface area (Å²) in [6.45, 7) is 2.14. The first-order chi connectivity index (χ1) is 5.18. The Balaban J connectivity index is 2.36. The van der Waals surface area contributed by atoms with E-state index in [9.17, 15) is 4.79 Å². The summed E-state index contributed by atoms with van der Waals surface area (Å²) in [5.41, 5.74) is 8.08. The summed E-state index contributed by atoms with van der Waals surface area (Å²) < 4.78 is 0. The van der Waals surface area contributed by atoms with Crippen LogP contribution < -0.4 is 11.2 Å². The molecule has 0 aliphatic carbocycles. The zero-order valence-electron chi connectivity index (χ0n) is 6.33. The Kier molecular flexibility index (Phi) is 2.76. The Morgan fingerprint density at radius 1 is 1.91 bits per heavy atom. The van der Waals surface area contributed by atoms with Gasteiger partial charge in [0, 0.05) is 16.7 Å². The van der Waals surface area contributed by atoms with Gasteiger partial charge in [0.2, 0.25) is 0 Å². The van der Waals surface area contributed by atoms with Gasteiger partial charge in [0.05, 0.1) is 0 Å². The third-order valence-electron chi connectivity index (χ3n) is 1.38. The third-order valence-corrected chi connectivity index (χ3v) is 2.62. The summed E-state index contributed by atoms with van der Waals surface area (Å²) in [5, 5.41) is 4.46. The molecule has 0 aromatic rings. The molecule has 1 fully saturated rings. The van der Waals surface area contributed by atoms with Crippen molar-refractivity contribution in [1.29, 1.82) is 0 Å². The van der Waals surface area contributed by atoms with Crippen molar-refractivity contribution in [3.63, 3.8) is 0 Å². The van der Waals surface area contributed by atoms with E-state index in [4.69, 9.17) is 5.73 Å². The predicted molar refractivity (Wildman–Crippen MR) is 46.7 cm³/mol. The molecular formula is C6H11N3OS. The number of carbonyl (C=O) groups is 1. The summed E-state index contributed by atoms with van der Waals surface area (Å²) in [7, 11) is 0. The molecule has 1 aliphatic rings. The van der Waals surface area contributed by atoms with E-state index >= 15 is 0 Å². The van der Waals surface area contributed by atoms with Crippen molar-refractivity contribution in [2.24, 2.45) is 10.8 Å². The van der Waals surface area contributed by atoms with Gasteiger partial charge in [-0.1, -0.05) is 6.92 Å². The fraction of sp³-hybridized carbons (Fsp3) is 0.667. The number of hydrogen-bond acceptors (Lipinski definition) is 3. The number of hydrogen-bond donors (Lipinski definition) is 2. The number of nitrogens with zero attached hydrogens (tertiary/aromatic N) is 1. The van der Waals surface area contributed by atoms with E-state index in [2.05, 4.69) is 17.5 Å². The minimum Gasteiger partial charge on any atom is -0.350 e. The van der Waals surface area contributed by atoms with Crippen molar-refractivity contribution in [3.8, 4) is 0 Å². The van der Waals surface area contributed by atoms with Crippen LogP contribution >= 0.6 is 11.8 Å². The van der Waals surface area contributed by atoms with Gasteiger partial charge in [-0.05, 0) is 6.42 Å². The van der Waals surface area contributed by atoms with Crippen molar-refractivity contribution in [2.45, 2.75) is 18.6 Å². The highest BCUT2D eigenvalue weighted by Crippen LogP contribution is 2.23. The van der Waals surface area contributed by atoms with Crippen molar-refractivity contribution in [2.75, 3.05) is 5.75 Å². The average molecular weight is 173 g/mol. The molecule has 1 saturated heterocycles. The zero-order valence-corrected chi connectivity index (χ0v) is 7.15. The molecule has 1 unspecified atom stereocenters. The summed E-state index contributed by atoms with van der Waals surface area (Å²) in [6.07, 6.45) is 0.949. The Bertz CT molecular complexity index is 192. The Morgan fingerprint density at radius 3 is 3.09 bits per heavy atom. The van der Waals surface area contributed by atoms with Crippen LogP contribution in [0.5, 0.6) is 0 Å². The highest BCUT2D eigenvalue weighted by Gasteiger charge is 2.16. The second-order valence-corrected chi connectivity index (χ2v) is 3.91. The molecule has 0 saturated carbocycles. The van der Waals surface area contributed by atoms with Gasteiger partial charge in [-0.2, -0.15) is 16.9 Å². The number of thioether (sulfide) groups is 1. The number of hydrazone groups is 1. The lowest BCUT2D eigenvalue weighted by Gasteiger charge is -1.95. The Morgan fingerprint density at radius 2 is 2.64 bits per heavy atom. The van der Waals surface area contributed by atoms with Gasteiger partial charge in [0.1, 0.15) is 0 Å². The molecule has 0 radical (unpaired) electrons. The monoisotopic (exact) mass is 173 g/mol. The van der Waals surface area contributed by atoms with Crippen LogP contribution in [-0.4, -0.2) is 22.7 Å². The number of carbonyl (C=O) groups excluding carboxylic acids is 1. The van der Waals surface area contributed by atoms with E-state index < -0.39 is 6.03 Å². The maximum Gasteiger partial charge on any atom is 0.332 e. The van der Waals surface area contributed by atoms with E-state index in [1.54, 1.807) is 0 Å². The number of urea groups is 1. The molecule has 1 rings (SSSR count). The fourth-order valence-corrected chi connectivity index (χ4v) is 1.87. The maximum atomic E-state index is 10.2. The first kappa shape index (κ1) is 8.39. The number of primary amides is 1. The lowest BCUT2D eigenvalue weighted by molar-refractivity contribution is 0.249. The molecule has 1 aliphatic heterocycles. The largest absolute Gasteiger partial charge is 0.350 e. The van der Waals surface area contributed by atoms with Gasteiger partial charge in [0.15, 0.2) is 0 Å². The van der Waals surface area contributed by atoms with Crippen molar-refractivity contribution in [1.82, 2.24) is 5.43 Å². The highest BCUT2D eigenvalue weighted by atomic mass is 32.2. The summed E-state index contributed by atoms with van der Waals surface area (Å²) >= 11 is 1.83. The van der Waals surface area contributed by atoms with Gasteiger partial charge < -0.3 is 5.73 Å². The van der Waals surface area contributed by atoms with Crippen LogP contribution in [0.15, 0.2) is 5.10 Å². The van der Waals surface area contributed by atoms with E-state index in [0.717, 1.165) is 17.9 Å². The van der Waals surface area contributed by atoms with Gasteiger partial charge in [-0.15, -0.1) is 0 Å². The van der Waals surface area contributed by atoms with E-state index in [0.29, 0.717) is 5.25 Å². The first-order valence-corrected chi connectivity index (χ1v) is 4.46. The quantitative estimate of drug-likeness (QED) is 0.568. The molecule has 1 heterocycles. The normalized spacial score (nSPS) is 27.4. The Labute approximate surface area is 69.6 Å². The average Bonchev–Trinajstić information content (AvgIpc) is 2.31. The smallest absolute Gasteiger partial charge is 0.332 e. The molecule has 1 atom stereocenters. The molecular weight excluding hydrogens is 162 g/mol. The zero-order chi connectivity index (χ0) is 8.27. The van der Waals surface area contributed by atoms with Gasteiger partial charge in [-0.25, -0.2) is 10.2 Å². The molecule has 62 valence electrons. The second-order valence-electron chi connectivity index (χ2n) is 2.48. The van der Waals surface area contributed by atoms with Gasteiger partial charge in [-0.3, -0.25) is 0 Å². The molecule has 5 heteroatoms. The number of amides is 2. The van der Waals surface area contributed by atoms with Crippen LogP contribution in [0.25, 0.3) is 0 Å². The highest BCUT2D eigenvalue weighted by molar-refractivity contribution is 8.01. The Hall–Kier alpha value is -0.710. The van der Waals surface area contributed by atoms with Gasteiger partial charge >= 0.3 is 6.03 Å². The third kappa shape index (κ3) is 2.80. The molecule has 11 heavy (non-hydrogen) atoms. The summed E-state index contributed by atoms with van der Waals surface area (Å²) in [5.74, 6) is 0.904. The number of nitrogens with two attached hydrogens (primary N) is 1. The molecule has 0 aromatic heterocycles. The molecule has 2 amide bonds. The standard InChI is InChI=1S/C6H11N3OS/c1-4-2-5(3-11-4)8-9-6(7)10/h4H,2-3H2,1H3,(H3,7,9,10). The topological polar surface area (TPSA) is 67.5 Å². The number of nitrogens with one attached hydrogen (secondary N) is 1. The SMILES string of the molecule is CC1CC(=NNC(N)=O)CS1. The van der Waals surface area contributed by atoms with E-state index in [-0.39, 0.29) is 0 Å². The van der Waals surface area contributed by atoms with E-state index in [1.165, 1.54) is 0 Å². The molecule has 0 aromatic carbocycles.